The maximum atomic E-state index is 14.0. The largest absolute Gasteiger partial charge is 0.494 e. The Balaban J connectivity index is 1.49. The molecule has 0 aliphatic carbocycles. The summed E-state index contributed by atoms with van der Waals surface area (Å²) >= 11 is 14.8. The molecule has 1 amide bonds. The molecule has 37 heavy (non-hydrogen) atoms. The predicted molar refractivity (Wildman–Crippen MR) is 150 cm³/mol. The van der Waals surface area contributed by atoms with Crippen molar-refractivity contribution >= 4 is 77.2 Å². The van der Waals surface area contributed by atoms with Crippen molar-refractivity contribution in [1.82, 2.24) is 9.29 Å². The number of piperidine rings is 1. The summed E-state index contributed by atoms with van der Waals surface area (Å²) in [5.41, 5.74) is 1.52. The molecule has 5 rings (SSSR count). The van der Waals surface area contributed by atoms with Gasteiger partial charge in [0.05, 0.1) is 33.6 Å². The number of methoxy groups -OCH3 is 1. The highest BCUT2D eigenvalue weighted by atomic mass is 35.5. The van der Waals surface area contributed by atoms with Crippen LogP contribution in [0.15, 0.2) is 58.8 Å². The SMILES string of the molecule is COc1ccc(Cl)c2sc(N(Cc3ccccc3)C(=O)C3CCCN(S(=O)(=O)c4ccc(Cl)s4)C3)nc12. The van der Waals surface area contributed by atoms with Crippen molar-refractivity contribution in [2.24, 2.45) is 5.92 Å². The number of anilines is 1. The zero-order valence-corrected chi connectivity index (χ0v) is 23.7. The van der Waals surface area contributed by atoms with Crippen LogP contribution in [-0.2, 0) is 21.4 Å². The van der Waals surface area contributed by atoms with Crippen molar-refractivity contribution in [2.45, 2.75) is 23.6 Å². The molecule has 1 fully saturated rings. The van der Waals surface area contributed by atoms with Gasteiger partial charge in [-0.15, -0.1) is 11.3 Å². The van der Waals surface area contributed by atoms with E-state index in [1.54, 1.807) is 30.2 Å². The van der Waals surface area contributed by atoms with Crippen LogP contribution in [0.2, 0.25) is 9.36 Å². The van der Waals surface area contributed by atoms with Crippen molar-refractivity contribution < 1.29 is 17.9 Å². The Hall–Kier alpha value is -2.21. The van der Waals surface area contributed by atoms with Gasteiger partial charge >= 0.3 is 0 Å². The summed E-state index contributed by atoms with van der Waals surface area (Å²) in [5.74, 6) is -0.132. The van der Waals surface area contributed by atoms with Gasteiger partial charge in [-0.1, -0.05) is 64.9 Å². The lowest BCUT2D eigenvalue weighted by molar-refractivity contribution is -0.123. The van der Waals surface area contributed by atoms with E-state index >= 15 is 0 Å². The van der Waals surface area contributed by atoms with Gasteiger partial charge < -0.3 is 4.74 Å². The number of fused-ring (bicyclic) bond motifs is 1. The molecule has 7 nitrogen and oxygen atoms in total. The molecule has 2 aromatic heterocycles. The van der Waals surface area contributed by atoms with E-state index in [2.05, 4.69) is 0 Å². The molecule has 1 aliphatic rings. The molecule has 1 unspecified atom stereocenters. The second-order valence-corrected chi connectivity index (χ2v) is 13.9. The zero-order valence-electron chi connectivity index (χ0n) is 19.8. The summed E-state index contributed by atoms with van der Waals surface area (Å²) in [7, 11) is -2.18. The number of carbonyl (C=O) groups excluding carboxylic acids is 1. The Bertz CT molecular complexity index is 1540. The Labute approximate surface area is 233 Å². The van der Waals surface area contributed by atoms with Gasteiger partial charge in [-0.2, -0.15) is 4.31 Å². The van der Waals surface area contributed by atoms with E-state index in [4.69, 9.17) is 32.9 Å². The van der Waals surface area contributed by atoms with E-state index < -0.39 is 15.9 Å². The van der Waals surface area contributed by atoms with Crippen LogP contribution < -0.4 is 9.64 Å². The summed E-state index contributed by atoms with van der Waals surface area (Å²) in [5, 5.41) is 1.01. The van der Waals surface area contributed by atoms with Gasteiger partial charge in [0, 0.05) is 13.1 Å². The number of carbonyl (C=O) groups is 1. The maximum Gasteiger partial charge on any atom is 0.252 e. The van der Waals surface area contributed by atoms with Crippen LogP contribution >= 0.6 is 45.9 Å². The van der Waals surface area contributed by atoms with E-state index in [9.17, 15) is 13.2 Å². The number of halogens is 2. The van der Waals surface area contributed by atoms with Gasteiger partial charge in [0.15, 0.2) is 5.13 Å². The van der Waals surface area contributed by atoms with Crippen LogP contribution in [0, 0.1) is 5.92 Å². The number of nitrogens with zero attached hydrogens (tertiary/aromatic N) is 3. The molecular weight excluding hydrogens is 573 g/mol. The molecule has 0 saturated carbocycles. The molecule has 0 N–H and O–H groups in total. The molecule has 2 aromatic carbocycles. The molecule has 1 atom stereocenters. The third-order valence-electron chi connectivity index (χ3n) is 6.22. The normalized spacial score (nSPS) is 16.7. The number of ether oxygens (including phenoxy) is 1. The van der Waals surface area contributed by atoms with Gasteiger partial charge in [0.1, 0.15) is 15.5 Å². The van der Waals surface area contributed by atoms with E-state index in [0.717, 1.165) is 21.6 Å². The minimum Gasteiger partial charge on any atom is -0.494 e. The number of sulfonamides is 1. The maximum absolute atomic E-state index is 14.0. The monoisotopic (exact) mass is 595 g/mol. The van der Waals surface area contributed by atoms with Gasteiger partial charge in [-0.3, -0.25) is 9.69 Å². The Morgan fingerprint density at radius 3 is 2.62 bits per heavy atom. The first-order valence-electron chi connectivity index (χ1n) is 11.5. The van der Waals surface area contributed by atoms with Crippen molar-refractivity contribution in [2.75, 3.05) is 25.1 Å². The number of benzene rings is 2. The molecule has 0 spiro atoms. The predicted octanol–water partition coefficient (Wildman–Crippen LogP) is 6.31. The van der Waals surface area contributed by atoms with Crippen molar-refractivity contribution in [3.8, 4) is 5.75 Å². The quantitative estimate of drug-likeness (QED) is 0.250. The molecule has 1 saturated heterocycles. The van der Waals surface area contributed by atoms with E-state index in [1.807, 2.05) is 30.3 Å². The number of rotatable bonds is 7. The highest BCUT2D eigenvalue weighted by Crippen LogP contribution is 2.40. The number of hydrogen-bond acceptors (Lipinski definition) is 7. The average Bonchev–Trinajstić information content (AvgIpc) is 3.56. The fourth-order valence-corrected chi connectivity index (χ4v) is 8.80. The summed E-state index contributed by atoms with van der Waals surface area (Å²) in [6, 6.07) is 16.2. The Morgan fingerprint density at radius 2 is 1.92 bits per heavy atom. The third-order valence-corrected chi connectivity index (χ3v) is 11.3. The number of amides is 1. The molecule has 194 valence electrons. The minimum absolute atomic E-state index is 0.0942. The molecule has 0 bridgehead atoms. The lowest BCUT2D eigenvalue weighted by Gasteiger charge is -2.33. The van der Waals surface area contributed by atoms with Gasteiger partial charge in [-0.25, -0.2) is 13.4 Å². The van der Waals surface area contributed by atoms with Gasteiger partial charge in [-0.05, 0) is 42.7 Å². The second-order valence-electron chi connectivity index (χ2n) is 8.59. The smallest absolute Gasteiger partial charge is 0.252 e. The number of hydrogen-bond donors (Lipinski definition) is 0. The fourth-order valence-electron chi connectivity index (χ4n) is 4.37. The van der Waals surface area contributed by atoms with Crippen molar-refractivity contribution in [3.63, 3.8) is 0 Å². The van der Waals surface area contributed by atoms with Crippen LogP contribution in [0.1, 0.15) is 18.4 Å². The minimum atomic E-state index is -3.74. The Morgan fingerprint density at radius 1 is 1.14 bits per heavy atom. The molecule has 0 radical (unpaired) electrons. The Kier molecular flexibility index (Phi) is 7.76. The van der Waals surface area contributed by atoms with Crippen LogP contribution in [0.4, 0.5) is 5.13 Å². The van der Waals surface area contributed by atoms with Crippen LogP contribution in [0.5, 0.6) is 5.75 Å². The van der Waals surface area contributed by atoms with E-state index in [-0.39, 0.29) is 16.7 Å². The van der Waals surface area contributed by atoms with E-state index in [1.165, 1.54) is 21.7 Å². The fraction of sp³-hybridized carbons (Fsp3) is 0.280. The van der Waals surface area contributed by atoms with Crippen molar-refractivity contribution in [1.29, 1.82) is 0 Å². The first kappa shape index (κ1) is 26.4. The van der Waals surface area contributed by atoms with Crippen LogP contribution in [0.3, 0.4) is 0 Å². The lowest BCUT2D eigenvalue weighted by Crippen LogP contribution is -2.46. The summed E-state index contributed by atoms with van der Waals surface area (Å²) in [4.78, 5) is 20.4. The van der Waals surface area contributed by atoms with Gasteiger partial charge in [0.25, 0.3) is 10.0 Å². The first-order chi connectivity index (χ1) is 17.8. The molecule has 4 aromatic rings. The molecule has 1 aliphatic heterocycles. The molecule has 3 heterocycles. The lowest BCUT2D eigenvalue weighted by atomic mass is 9.98. The van der Waals surface area contributed by atoms with E-state index in [0.29, 0.717) is 51.7 Å². The number of aromatic nitrogens is 1. The first-order valence-corrected chi connectivity index (χ1v) is 15.3. The number of thiazole rings is 1. The average molecular weight is 597 g/mol. The highest BCUT2D eigenvalue weighted by Gasteiger charge is 2.37. The van der Waals surface area contributed by atoms with Crippen LogP contribution in [-0.4, -0.2) is 43.8 Å². The topological polar surface area (TPSA) is 79.8 Å². The molecule has 12 heteroatoms. The van der Waals surface area contributed by atoms with Crippen LogP contribution in [0.25, 0.3) is 10.2 Å². The van der Waals surface area contributed by atoms with Crippen molar-refractivity contribution in [3.05, 3.63) is 69.5 Å². The summed E-state index contributed by atoms with van der Waals surface area (Å²) in [6.07, 6.45) is 1.16. The third kappa shape index (κ3) is 5.36. The molecular formula is C25H23Cl2N3O4S3. The summed E-state index contributed by atoms with van der Waals surface area (Å²) < 4.78 is 34.6. The second kappa shape index (κ2) is 10.9. The summed E-state index contributed by atoms with van der Waals surface area (Å²) in [6.45, 7) is 0.744. The highest BCUT2D eigenvalue weighted by molar-refractivity contribution is 7.91. The number of thiophene rings is 1. The zero-order chi connectivity index (χ0) is 26.2. The standard InChI is InChI=1S/C25H23Cl2N3O4S3/c1-34-19-10-9-18(26)23-22(19)28-25(36-23)30(14-16-6-3-2-4-7-16)24(31)17-8-5-13-29(15-17)37(32,33)21-12-11-20(27)35-21/h2-4,6-7,9-12,17H,5,8,13-15H2,1H3. The van der Waals surface area contributed by atoms with Gasteiger partial charge in [0.2, 0.25) is 5.91 Å².